The van der Waals surface area contributed by atoms with E-state index in [4.69, 9.17) is 31.5 Å². The van der Waals surface area contributed by atoms with E-state index in [1.807, 2.05) is 0 Å². The minimum absolute atomic E-state index is 0.00445. The SMILES string of the molecule is C#CC(=O)C[C@H]1CCC[C@H]1Nc1ncc2cc(-c3c(F)ccc(OC)c3F)ccc2n1.C#CC(=O)O.COc1ccc(F)c(-c2ccc3nc(N[C@@H]4CCC[C@@H]4N)ncc3c2)c1F. The molecule has 16 heteroatoms. The predicted molar refractivity (Wildman–Crippen MR) is 232 cm³/mol. The number of hydrogen-bond acceptors (Lipinski definition) is 11. The molecule has 5 N–H and O–H groups in total. The van der Waals surface area contributed by atoms with Crippen LogP contribution in [0.2, 0.25) is 0 Å². The molecule has 2 saturated carbocycles. The second-order valence-electron chi connectivity index (χ2n) is 14.8. The number of aromatic nitrogens is 4. The summed E-state index contributed by atoms with van der Waals surface area (Å²) in [6, 6.07) is 15.2. The zero-order valence-corrected chi connectivity index (χ0v) is 34.3. The molecule has 0 amide bonds. The van der Waals surface area contributed by atoms with Crippen LogP contribution in [0.15, 0.2) is 73.1 Å². The van der Waals surface area contributed by atoms with Gasteiger partial charge in [0.1, 0.15) is 11.6 Å². The molecular weight excluding hydrogens is 819 g/mol. The molecule has 0 aliphatic heterocycles. The Balaban J connectivity index is 0.000000191. The fraction of sp³-hybridized carbons (Fsp3) is 0.277. The fourth-order valence-electron chi connectivity index (χ4n) is 7.70. The molecule has 0 bridgehead atoms. The average Bonchev–Trinajstić information content (AvgIpc) is 3.90. The summed E-state index contributed by atoms with van der Waals surface area (Å²) >= 11 is 0. The molecule has 2 aromatic heterocycles. The number of hydrogen-bond donors (Lipinski definition) is 4. The van der Waals surface area contributed by atoms with Crippen LogP contribution in [0.1, 0.15) is 44.9 Å². The van der Waals surface area contributed by atoms with Crippen molar-refractivity contribution in [2.75, 3.05) is 24.9 Å². The van der Waals surface area contributed by atoms with E-state index in [0.29, 0.717) is 51.3 Å². The first-order valence-corrected chi connectivity index (χ1v) is 19.9. The third-order valence-electron chi connectivity index (χ3n) is 10.9. The molecule has 0 radical (unpaired) electrons. The number of ether oxygens (including phenoxy) is 2. The van der Waals surface area contributed by atoms with Gasteiger partial charge >= 0.3 is 5.97 Å². The van der Waals surface area contributed by atoms with Crippen LogP contribution in [-0.2, 0) is 9.59 Å². The number of carboxylic acids is 1. The van der Waals surface area contributed by atoms with Crippen molar-refractivity contribution in [3.05, 3.63) is 96.3 Å². The average molecular weight is 862 g/mol. The molecule has 2 heterocycles. The quantitative estimate of drug-likeness (QED) is 0.0590. The number of fused-ring (bicyclic) bond motifs is 2. The second kappa shape index (κ2) is 20.5. The molecule has 2 fully saturated rings. The number of nitrogens with one attached hydrogen (secondary N) is 2. The van der Waals surface area contributed by atoms with Crippen LogP contribution in [0.25, 0.3) is 44.1 Å². The molecule has 2 aliphatic carbocycles. The van der Waals surface area contributed by atoms with Crippen molar-refractivity contribution in [3.63, 3.8) is 0 Å². The molecule has 6 aromatic rings. The summed E-state index contributed by atoms with van der Waals surface area (Å²) < 4.78 is 67.6. The molecule has 4 aromatic carbocycles. The number of terminal acetylenes is 2. The van der Waals surface area contributed by atoms with E-state index in [1.165, 1.54) is 44.4 Å². The summed E-state index contributed by atoms with van der Waals surface area (Å²) in [5.41, 5.74) is 7.89. The van der Waals surface area contributed by atoms with Crippen molar-refractivity contribution in [2.45, 2.75) is 63.1 Å². The monoisotopic (exact) mass is 861 g/mol. The van der Waals surface area contributed by atoms with Gasteiger partial charge in [0.05, 0.1) is 36.4 Å². The number of nitrogens with two attached hydrogens (primary N) is 1. The van der Waals surface area contributed by atoms with E-state index in [-0.39, 0.29) is 52.5 Å². The van der Waals surface area contributed by atoms with E-state index in [9.17, 15) is 22.4 Å². The summed E-state index contributed by atoms with van der Waals surface area (Å²) in [6.07, 6.45) is 19.1. The maximum Gasteiger partial charge on any atom is 0.381 e. The van der Waals surface area contributed by atoms with Gasteiger partial charge in [-0.15, -0.1) is 12.8 Å². The van der Waals surface area contributed by atoms with Crippen molar-refractivity contribution in [1.29, 1.82) is 0 Å². The van der Waals surface area contributed by atoms with Crippen LogP contribution in [0.3, 0.4) is 0 Å². The first kappa shape index (κ1) is 45.2. The first-order valence-electron chi connectivity index (χ1n) is 19.9. The fourth-order valence-corrected chi connectivity index (χ4v) is 7.70. The van der Waals surface area contributed by atoms with Crippen molar-refractivity contribution in [1.82, 2.24) is 19.9 Å². The van der Waals surface area contributed by atoms with Gasteiger partial charge in [0.2, 0.25) is 17.7 Å². The normalized spacial score (nSPS) is 17.6. The van der Waals surface area contributed by atoms with Gasteiger partial charge in [0.15, 0.2) is 23.1 Å². The number of carbonyl (C=O) groups is 2. The molecule has 0 unspecified atom stereocenters. The largest absolute Gasteiger partial charge is 0.494 e. The van der Waals surface area contributed by atoms with E-state index in [1.54, 1.807) is 48.8 Å². The number of rotatable bonds is 10. The zero-order valence-electron chi connectivity index (χ0n) is 34.3. The Morgan fingerprint density at radius 1 is 0.730 bits per heavy atom. The second-order valence-corrected chi connectivity index (χ2v) is 14.8. The Bertz CT molecular complexity index is 2740. The Morgan fingerprint density at radius 3 is 1.65 bits per heavy atom. The number of anilines is 2. The third kappa shape index (κ3) is 10.8. The van der Waals surface area contributed by atoms with Gasteiger partial charge < -0.3 is 30.9 Å². The lowest BCUT2D eigenvalue weighted by Crippen LogP contribution is -2.35. The van der Waals surface area contributed by atoms with Gasteiger partial charge in [0, 0.05) is 53.6 Å². The highest BCUT2D eigenvalue weighted by Gasteiger charge is 2.29. The number of methoxy groups -OCH3 is 2. The summed E-state index contributed by atoms with van der Waals surface area (Å²) in [4.78, 5) is 38.5. The van der Waals surface area contributed by atoms with E-state index in [2.05, 4.69) is 42.9 Å². The van der Waals surface area contributed by atoms with Gasteiger partial charge in [-0.05, 0) is 104 Å². The lowest BCUT2D eigenvalue weighted by atomic mass is 9.97. The number of carboxylic acid groups (broad SMARTS) is 1. The Labute approximate surface area is 360 Å². The van der Waals surface area contributed by atoms with Crippen LogP contribution in [-0.4, -0.2) is 69.1 Å². The Morgan fingerprint density at radius 2 is 1.21 bits per heavy atom. The number of halogens is 4. The molecule has 4 atom stereocenters. The Kier molecular flexibility index (Phi) is 14.7. The van der Waals surface area contributed by atoms with Crippen molar-refractivity contribution < 1.29 is 41.7 Å². The molecule has 324 valence electrons. The summed E-state index contributed by atoms with van der Waals surface area (Å²) in [6.45, 7) is 0. The van der Waals surface area contributed by atoms with E-state index in [0.717, 1.165) is 38.5 Å². The van der Waals surface area contributed by atoms with Crippen LogP contribution >= 0.6 is 0 Å². The van der Waals surface area contributed by atoms with Crippen LogP contribution in [0.4, 0.5) is 29.5 Å². The smallest absolute Gasteiger partial charge is 0.381 e. The molecule has 0 saturated heterocycles. The lowest BCUT2D eigenvalue weighted by molar-refractivity contribution is -0.130. The van der Waals surface area contributed by atoms with Gasteiger partial charge in [0.25, 0.3) is 0 Å². The minimum Gasteiger partial charge on any atom is -0.494 e. The maximum absolute atomic E-state index is 14.6. The number of carbonyl (C=O) groups excluding carboxylic acids is 1. The first-order chi connectivity index (χ1) is 30.3. The van der Waals surface area contributed by atoms with Gasteiger partial charge in [-0.3, -0.25) is 4.79 Å². The summed E-state index contributed by atoms with van der Waals surface area (Å²) in [5.74, 6) is 0.483. The minimum atomic E-state index is -1.22. The Hall–Kier alpha value is -7.30. The zero-order chi connectivity index (χ0) is 45.2. The maximum atomic E-state index is 14.6. The summed E-state index contributed by atoms with van der Waals surface area (Å²) in [5, 5.41) is 15.4. The highest BCUT2D eigenvalue weighted by Crippen LogP contribution is 2.36. The highest BCUT2D eigenvalue weighted by atomic mass is 19.1. The molecule has 2 aliphatic rings. The van der Waals surface area contributed by atoms with Crippen LogP contribution in [0.5, 0.6) is 11.5 Å². The highest BCUT2D eigenvalue weighted by molar-refractivity contribution is 5.95. The molecule has 0 spiro atoms. The molecule has 12 nitrogen and oxygen atoms in total. The lowest BCUT2D eigenvalue weighted by Gasteiger charge is -2.19. The topological polar surface area (TPSA) is 174 Å². The van der Waals surface area contributed by atoms with Crippen molar-refractivity contribution >= 4 is 45.5 Å². The van der Waals surface area contributed by atoms with Crippen molar-refractivity contribution in [3.8, 4) is 58.4 Å². The predicted octanol–water partition coefficient (Wildman–Crippen LogP) is 8.34. The van der Waals surface area contributed by atoms with Crippen LogP contribution in [0, 0.1) is 53.9 Å². The van der Waals surface area contributed by atoms with E-state index < -0.39 is 29.2 Å². The molecule has 8 rings (SSSR count). The van der Waals surface area contributed by atoms with Crippen LogP contribution < -0.4 is 25.8 Å². The van der Waals surface area contributed by atoms with Crippen molar-refractivity contribution in [2.24, 2.45) is 11.7 Å². The third-order valence-corrected chi connectivity index (χ3v) is 10.9. The van der Waals surface area contributed by atoms with Gasteiger partial charge in [-0.2, -0.15) is 0 Å². The van der Waals surface area contributed by atoms with Gasteiger partial charge in [-0.25, -0.2) is 42.3 Å². The molecular formula is C47H43F4N7O5. The standard InChI is InChI=1S/C24H21F2N3O2.C20H20F2N4O.C3H2O2/c1-3-17(30)12-14-5-4-6-19(14)28-24-27-13-16-11-15(7-9-20(16)29-24)22-18(25)8-10-21(31-2)23(22)26;1-27-17-8-6-13(21)18(19(17)22)11-5-7-15-12(9-11)10-24-20(25-15)26-16-4-2-3-14(16)23;1-2-3(4)5/h1,7-11,13-14,19H,4-6,12H2,2H3,(H,27,28,29);5-10,14,16H,2-4,23H2,1H3,(H,24,25,26);1H,(H,4,5)/t14-,19-;14-,16+;/m10./s1. The van der Waals surface area contributed by atoms with E-state index >= 15 is 0 Å². The number of benzene rings is 4. The number of Topliss-reactive ketones (excluding diaryl/α,β-unsaturated/α-hetero) is 1. The number of ketones is 1. The number of aliphatic carboxylic acids is 1. The molecule has 63 heavy (non-hydrogen) atoms. The number of nitrogens with zero attached hydrogens (tertiary/aromatic N) is 4. The van der Waals surface area contributed by atoms with Gasteiger partial charge in [-0.1, -0.05) is 18.6 Å². The summed E-state index contributed by atoms with van der Waals surface area (Å²) in [7, 11) is 2.68.